The van der Waals surface area contributed by atoms with E-state index in [4.69, 9.17) is 9.84 Å². The van der Waals surface area contributed by atoms with Crippen molar-refractivity contribution in [3.05, 3.63) is 36.7 Å². The first-order chi connectivity index (χ1) is 9.72. The Labute approximate surface area is 116 Å². The van der Waals surface area contributed by atoms with Crippen LogP contribution in [0.1, 0.15) is 12.8 Å². The monoisotopic (exact) mass is 272 g/mol. The number of ether oxygens (including phenoxy) is 1. The zero-order valence-corrected chi connectivity index (χ0v) is 11.0. The van der Waals surface area contributed by atoms with Crippen LogP contribution in [0.2, 0.25) is 0 Å². The second-order valence-corrected chi connectivity index (χ2v) is 4.99. The highest BCUT2D eigenvalue weighted by Gasteiger charge is 2.27. The molecular weight excluding hydrogens is 256 g/mol. The van der Waals surface area contributed by atoms with Crippen LogP contribution in [0.4, 0.5) is 0 Å². The molecule has 2 N–H and O–H groups in total. The van der Waals surface area contributed by atoms with Gasteiger partial charge >= 0.3 is 5.97 Å². The molecule has 0 aliphatic carbocycles. The summed E-state index contributed by atoms with van der Waals surface area (Å²) in [6.45, 7) is 0.666. The number of fused-ring (bicyclic) bond motifs is 1. The van der Waals surface area contributed by atoms with Crippen LogP contribution < -0.4 is 10.1 Å². The SMILES string of the molecule is O=C(O)[C@@H]1C[C@@H](Oc2ccc3cnccc3c2)CCN1. The van der Waals surface area contributed by atoms with E-state index in [0.29, 0.717) is 13.0 Å². The van der Waals surface area contributed by atoms with Crippen molar-refractivity contribution in [1.82, 2.24) is 10.3 Å². The summed E-state index contributed by atoms with van der Waals surface area (Å²) in [7, 11) is 0. The fraction of sp³-hybridized carbons (Fsp3) is 0.333. The Balaban J connectivity index is 1.74. The smallest absolute Gasteiger partial charge is 0.320 e. The van der Waals surface area contributed by atoms with Crippen LogP contribution in [0.25, 0.3) is 10.8 Å². The van der Waals surface area contributed by atoms with E-state index in [1.165, 1.54) is 0 Å². The number of carbonyl (C=O) groups is 1. The zero-order chi connectivity index (χ0) is 13.9. The Morgan fingerprint density at radius 1 is 1.35 bits per heavy atom. The van der Waals surface area contributed by atoms with E-state index in [0.717, 1.165) is 22.9 Å². The van der Waals surface area contributed by atoms with Gasteiger partial charge in [-0.15, -0.1) is 0 Å². The Morgan fingerprint density at radius 2 is 2.25 bits per heavy atom. The average Bonchev–Trinajstić information content (AvgIpc) is 2.47. The van der Waals surface area contributed by atoms with Gasteiger partial charge in [0.25, 0.3) is 0 Å². The predicted molar refractivity (Wildman–Crippen MR) is 74.8 cm³/mol. The van der Waals surface area contributed by atoms with Crippen molar-refractivity contribution in [2.75, 3.05) is 6.54 Å². The molecule has 1 aliphatic rings. The van der Waals surface area contributed by atoms with Gasteiger partial charge in [-0.05, 0) is 42.6 Å². The fourth-order valence-corrected chi connectivity index (χ4v) is 2.50. The number of benzene rings is 1. The number of aromatic nitrogens is 1. The molecule has 0 amide bonds. The topological polar surface area (TPSA) is 71.5 Å². The van der Waals surface area contributed by atoms with Crippen molar-refractivity contribution in [3.8, 4) is 5.75 Å². The van der Waals surface area contributed by atoms with Gasteiger partial charge in [0.15, 0.2) is 0 Å². The van der Waals surface area contributed by atoms with Gasteiger partial charge in [0.1, 0.15) is 17.9 Å². The molecule has 0 saturated carbocycles. The minimum absolute atomic E-state index is 0.0587. The van der Waals surface area contributed by atoms with Gasteiger partial charge in [-0.25, -0.2) is 0 Å². The Morgan fingerprint density at radius 3 is 3.10 bits per heavy atom. The van der Waals surface area contributed by atoms with Gasteiger partial charge in [0.05, 0.1) is 0 Å². The first kappa shape index (κ1) is 12.9. The van der Waals surface area contributed by atoms with E-state index in [9.17, 15) is 4.79 Å². The lowest BCUT2D eigenvalue weighted by molar-refractivity contribution is -0.140. The number of rotatable bonds is 3. The van der Waals surface area contributed by atoms with E-state index in [2.05, 4.69) is 10.3 Å². The third-order valence-electron chi connectivity index (χ3n) is 3.57. The molecule has 2 atom stereocenters. The number of aliphatic carboxylic acids is 1. The van der Waals surface area contributed by atoms with Crippen molar-refractivity contribution in [2.45, 2.75) is 25.0 Å². The molecule has 5 nitrogen and oxygen atoms in total. The van der Waals surface area contributed by atoms with Crippen LogP contribution in [-0.2, 0) is 4.79 Å². The molecule has 104 valence electrons. The Kier molecular flexibility index (Phi) is 3.52. The molecule has 1 aromatic heterocycles. The number of carboxylic acid groups (broad SMARTS) is 1. The summed E-state index contributed by atoms with van der Waals surface area (Å²) in [4.78, 5) is 15.1. The second kappa shape index (κ2) is 5.46. The summed E-state index contributed by atoms with van der Waals surface area (Å²) in [5, 5.41) is 14.1. The predicted octanol–water partition coefficient (Wildman–Crippen LogP) is 1.82. The van der Waals surface area contributed by atoms with E-state index >= 15 is 0 Å². The van der Waals surface area contributed by atoms with Gasteiger partial charge in [-0.1, -0.05) is 0 Å². The molecule has 1 saturated heterocycles. The molecule has 1 aliphatic heterocycles. The molecule has 2 aromatic rings. The van der Waals surface area contributed by atoms with Gasteiger partial charge < -0.3 is 15.2 Å². The average molecular weight is 272 g/mol. The molecule has 20 heavy (non-hydrogen) atoms. The number of nitrogens with one attached hydrogen (secondary N) is 1. The lowest BCUT2D eigenvalue weighted by Crippen LogP contribution is -2.46. The summed E-state index contributed by atoms with van der Waals surface area (Å²) < 4.78 is 5.92. The van der Waals surface area contributed by atoms with Crippen LogP contribution in [-0.4, -0.2) is 34.8 Å². The second-order valence-electron chi connectivity index (χ2n) is 4.99. The molecule has 3 rings (SSSR count). The first-order valence-electron chi connectivity index (χ1n) is 6.69. The summed E-state index contributed by atoms with van der Waals surface area (Å²) in [6, 6.07) is 7.26. The Hall–Kier alpha value is -2.14. The highest BCUT2D eigenvalue weighted by Crippen LogP contribution is 2.23. The molecule has 0 radical (unpaired) electrons. The number of nitrogens with zero attached hydrogens (tertiary/aromatic N) is 1. The summed E-state index contributed by atoms with van der Waals surface area (Å²) in [6.07, 6.45) is 4.81. The van der Waals surface area contributed by atoms with Crippen molar-refractivity contribution in [2.24, 2.45) is 0 Å². The number of hydrogen-bond acceptors (Lipinski definition) is 4. The van der Waals surface area contributed by atoms with Crippen LogP contribution in [0, 0.1) is 0 Å². The largest absolute Gasteiger partial charge is 0.490 e. The molecule has 2 heterocycles. The molecule has 0 bridgehead atoms. The van der Waals surface area contributed by atoms with Crippen molar-refractivity contribution >= 4 is 16.7 Å². The van der Waals surface area contributed by atoms with Gasteiger partial charge in [0.2, 0.25) is 0 Å². The normalized spacial score (nSPS) is 22.6. The maximum atomic E-state index is 11.0. The molecule has 1 aromatic carbocycles. The third kappa shape index (κ3) is 2.72. The minimum atomic E-state index is -0.817. The van der Waals surface area contributed by atoms with Gasteiger partial charge in [-0.2, -0.15) is 0 Å². The molecular formula is C15H16N2O3. The first-order valence-corrected chi connectivity index (χ1v) is 6.69. The number of piperidine rings is 1. The van der Waals surface area contributed by atoms with Crippen LogP contribution >= 0.6 is 0 Å². The van der Waals surface area contributed by atoms with E-state index in [-0.39, 0.29) is 6.10 Å². The lowest BCUT2D eigenvalue weighted by Gasteiger charge is -2.28. The maximum Gasteiger partial charge on any atom is 0.320 e. The van der Waals surface area contributed by atoms with E-state index in [1.54, 1.807) is 6.20 Å². The number of hydrogen-bond donors (Lipinski definition) is 2. The van der Waals surface area contributed by atoms with Crippen molar-refractivity contribution in [1.29, 1.82) is 0 Å². The lowest BCUT2D eigenvalue weighted by atomic mass is 10.0. The highest BCUT2D eigenvalue weighted by atomic mass is 16.5. The van der Waals surface area contributed by atoms with Crippen LogP contribution in [0.3, 0.4) is 0 Å². The number of carboxylic acids is 1. The Bertz CT molecular complexity index is 629. The maximum absolute atomic E-state index is 11.0. The van der Waals surface area contributed by atoms with Crippen molar-refractivity contribution < 1.29 is 14.6 Å². The van der Waals surface area contributed by atoms with E-state index in [1.807, 2.05) is 30.5 Å². The summed E-state index contributed by atoms with van der Waals surface area (Å²) in [5.74, 6) is -0.0392. The summed E-state index contributed by atoms with van der Waals surface area (Å²) in [5.41, 5.74) is 0. The molecule has 1 fully saturated rings. The van der Waals surface area contributed by atoms with Crippen LogP contribution in [0.15, 0.2) is 36.7 Å². The van der Waals surface area contributed by atoms with Crippen molar-refractivity contribution in [3.63, 3.8) is 0 Å². The zero-order valence-electron chi connectivity index (χ0n) is 11.0. The summed E-state index contributed by atoms with van der Waals surface area (Å²) >= 11 is 0. The van der Waals surface area contributed by atoms with Gasteiger partial charge in [-0.3, -0.25) is 9.78 Å². The molecule has 0 spiro atoms. The van der Waals surface area contributed by atoms with Gasteiger partial charge in [0, 0.05) is 24.2 Å². The van der Waals surface area contributed by atoms with E-state index < -0.39 is 12.0 Å². The van der Waals surface area contributed by atoms with Crippen LogP contribution in [0.5, 0.6) is 5.75 Å². The minimum Gasteiger partial charge on any atom is -0.490 e. The quantitative estimate of drug-likeness (QED) is 0.891. The number of pyridine rings is 1. The third-order valence-corrected chi connectivity index (χ3v) is 3.57. The molecule has 5 heteroatoms. The standard InChI is InChI=1S/C15H16N2O3/c18-15(19)14-8-13(4-6-17-14)20-12-2-1-11-9-16-5-3-10(11)7-12/h1-3,5,7,9,13-14,17H,4,6,8H2,(H,18,19)/t13-,14-/m0/s1. The molecule has 0 unspecified atom stereocenters. The fourth-order valence-electron chi connectivity index (χ4n) is 2.50. The highest BCUT2D eigenvalue weighted by molar-refractivity contribution is 5.82.